The highest BCUT2D eigenvalue weighted by Crippen LogP contribution is 2.38. The van der Waals surface area contributed by atoms with Crippen LogP contribution in [-0.4, -0.2) is 55.4 Å². The van der Waals surface area contributed by atoms with Gasteiger partial charge in [0, 0.05) is 26.7 Å². The van der Waals surface area contributed by atoms with Crippen LogP contribution in [0.4, 0.5) is 0 Å². The third-order valence-electron chi connectivity index (χ3n) is 5.45. The highest BCUT2D eigenvalue weighted by molar-refractivity contribution is 5.81. The van der Waals surface area contributed by atoms with Gasteiger partial charge >= 0.3 is 0 Å². The van der Waals surface area contributed by atoms with Gasteiger partial charge in [-0.25, -0.2) is 0 Å². The smallest absolute Gasteiger partial charge is 0.250 e. The topological polar surface area (TPSA) is 50.8 Å². The van der Waals surface area contributed by atoms with Crippen LogP contribution in [0.3, 0.4) is 0 Å². The number of nitrogens with zero attached hydrogens (tertiary/aromatic N) is 1. The van der Waals surface area contributed by atoms with Gasteiger partial charge in [-0.3, -0.25) is 9.69 Å². The van der Waals surface area contributed by atoms with Gasteiger partial charge in [0.05, 0.1) is 18.2 Å². The molecule has 1 saturated carbocycles. The molecule has 1 N–H and O–H groups in total. The van der Waals surface area contributed by atoms with Crippen molar-refractivity contribution in [3.8, 4) is 0 Å². The molecule has 0 aromatic heterocycles. The molecule has 3 rings (SSSR count). The van der Waals surface area contributed by atoms with Crippen molar-refractivity contribution in [2.45, 2.75) is 50.5 Å². The molecule has 5 heteroatoms. The summed E-state index contributed by atoms with van der Waals surface area (Å²) in [6, 6.07) is 10.4. The van der Waals surface area contributed by atoms with Crippen LogP contribution < -0.4 is 5.32 Å². The molecular formula is C19H28N2O3. The summed E-state index contributed by atoms with van der Waals surface area (Å²) in [5, 5.41) is 3.11. The maximum absolute atomic E-state index is 12.6. The number of nitrogens with one attached hydrogen (secondary N) is 1. The molecule has 2 unspecified atom stereocenters. The Balaban J connectivity index is 1.53. The number of ether oxygens (including phenoxy) is 2. The predicted octanol–water partition coefficient (Wildman–Crippen LogP) is 1.96. The normalized spacial score (nSPS) is 24.8. The number of hydrogen-bond donors (Lipinski definition) is 1. The molecule has 2 aliphatic rings. The molecule has 132 valence electrons. The number of morpholine rings is 1. The minimum atomic E-state index is -0.404. The first-order valence-electron chi connectivity index (χ1n) is 8.86. The number of hydrogen-bond acceptors (Lipinski definition) is 4. The van der Waals surface area contributed by atoms with Gasteiger partial charge in [-0.1, -0.05) is 30.3 Å². The Morgan fingerprint density at radius 2 is 2.17 bits per heavy atom. The van der Waals surface area contributed by atoms with Crippen molar-refractivity contribution in [3.05, 3.63) is 35.9 Å². The van der Waals surface area contributed by atoms with E-state index in [1.807, 2.05) is 25.1 Å². The zero-order valence-corrected chi connectivity index (χ0v) is 14.7. The molecule has 1 aliphatic carbocycles. The Morgan fingerprint density at radius 1 is 1.42 bits per heavy atom. The minimum Gasteiger partial charge on any atom is -0.376 e. The first kappa shape index (κ1) is 17.4. The van der Waals surface area contributed by atoms with Crippen LogP contribution in [-0.2, 0) is 20.8 Å². The third kappa shape index (κ3) is 3.79. The van der Waals surface area contributed by atoms with Crippen molar-refractivity contribution in [2.24, 2.45) is 0 Å². The maximum atomic E-state index is 12.6. The van der Waals surface area contributed by atoms with Gasteiger partial charge in [0.1, 0.15) is 6.10 Å². The average molecular weight is 332 g/mol. The average Bonchev–Trinajstić information content (AvgIpc) is 2.55. The number of benzene rings is 1. The lowest BCUT2D eigenvalue weighted by Crippen LogP contribution is -2.59. The highest BCUT2D eigenvalue weighted by Gasteiger charge is 2.43. The van der Waals surface area contributed by atoms with E-state index in [1.54, 1.807) is 7.11 Å². The third-order valence-corrected chi connectivity index (χ3v) is 5.45. The van der Waals surface area contributed by atoms with Gasteiger partial charge in [-0.15, -0.1) is 0 Å². The zero-order chi connectivity index (χ0) is 17.0. The van der Waals surface area contributed by atoms with Crippen LogP contribution in [0.1, 0.15) is 31.7 Å². The Morgan fingerprint density at radius 3 is 2.79 bits per heavy atom. The van der Waals surface area contributed by atoms with E-state index < -0.39 is 6.10 Å². The van der Waals surface area contributed by atoms with E-state index in [0.29, 0.717) is 13.2 Å². The Labute approximate surface area is 144 Å². The second-order valence-corrected chi connectivity index (χ2v) is 6.93. The fourth-order valence-electron chi connectivity index (χ4n) is 3.62. The predicted molar refractivity (Wildman–Crippen MR) is 92.7 cm³/mol. The minimum absolute atomic E-state index is 0.0110. The van der Waals surface area contributed by atoms with E-state index >= 15 is 0 Å². The van der Waals surface area contributed by atoms with Crippen LogP contribution in [0.25, 0.3) is 0 Å². The molecule has 1 aromatic rings. The standard InChI is InChI=1S/C19H28N2O3/c1-15(19(23-2)9-6-10-19)20-18(22)17-14-21(11-12-24-17)13-16-7-4-3-5-8-16/h3-5,7-8,15,17H,6,9-14H2,1-2H3,(H,20,22). The van der Waals surface area contributed by atoms with Gasteiger partial charge in [-0.05, 0) is 31.7 Å². The molecule has 0 bridgehead atoms. The molecule has 1 aromatic carbocycles. The Hall–Kier alpha value is -1.43. The summed E-state index contributed by atoms with van der Waals surface area (Å²) < 4.78 is 11.4. The van der Waals surface area contributed by atoms with E-state index in [-0.39, 0.29) is 17.6 Å². The summed E-state index contributed by atoms with van der Waals surface area (Å²) >= 11 is 0. The van der Waals surface area contributed by atoms with Gasteiger partial charge in [0.2, 0.25) is 0 Å². The Bertz CT molecular complexity index is 539. The second kappa shape index (κ2) is 7.64. The van der Waals surface area contributed by atoms with E-state index in [0.717, 1.165) is 25.9 Å². The summed E-state index contributed by atoms with van der Waals surface area (Å²) in [5.41, 5.74) is 1.08. The fourth-order valence-corrected chi connectivity index (χ4v) is 3.62. The highest BCUT2D eigenvalue weighted by atomic mass is 16.5. The Kier molecular flexibility index (Phi) is 5.54. The van der Waals surface area contributed by atoms with Crippen molar-refractivity contribution in [1.82, 2.24) is 10.2 Å². The van der Waals surface area contributed by atoms with Crippen molar-refractivity contribution in [2.75, 3.05) is 26.8 Å². The first-order valence-corrected chi connectivity index (χ1v) is 8.86. The molecule has 1 heterocycles. The van der Waals surface area contributed by atoms with Gasteiger partial charge in [0.15, 0.2) is 0 Å². The number of carbonyl (C=O) groups excluding carboxylic acids is 1. The number of carbonyl (C=O) groups is 1. The lowest BCUT2D eigenvalue weighted by Gasteiger charge is -2.45. The van der Waals surface area contributed by atoms with Crippen LogP contribution in [0.15, 0.2) is 30.3 Å². The SMILES string of the molecule is COC1(C(C)NC(=O)C2CN(Cc3ccccc3)CCO2)CCC1. The maximum Gasteiger partial charge on any atom is 0.250 e. The summed E-state index contributed by atoms with van der Waals surface area (Å²) in [6.07, 6.45) is 2.78. The monoisotopic (exact) mass is 332 g/mol. The van der Waals surface area contributed by atoms with Crippen molar-refractivity contribution in [1.29, 1.82) is 0 Å². The van der Waals surface area contributed by atoms with Gasteiger partial charge in [0.25, 0.3) is 5.91 Å². The molecule has 0 radical (unpaired) electrons. The molecule has 1 amide bonds. The van der Waals surface area contributed by atoms with Gasteiger partial charge in [-0.2, -0.15) is 0 Å². The van der Waals surface area contributed by atoms with Crippen molar-refractivity contribution >= 4 is 5.91 Å². The van der Waals surface area contributed by atoms with Crippen molar-refractivity contribution < 1.29 is 14.3 Å². The summed E-state index contributed by atoms with van der Waals surface area (Å²) in [7, 11) is 1.74. The quantitative estimate of drug-likeness (QED) is 0.865. The molecular weight excluding hydrogens is 304 g/mol. The second-order valence-electron chi connectivity index (χ2n) is 6.93. The fraction of sp³-hybridized carbons (Fsp3) is 0.632. The van der Waals surface area contributed by atoms with Crippen LogP contribution in [0, 0.1) is 0 Å². The first-order chi connectivity index (χ1) is 11.6. The molecule has 0 spiro atoms. The van der Waals surface area contributed by atoms with E-state index in [2.05, 4.69) is 22.3 Å². The van der Waals surface area contributed by atoms with E-state index in [1.165, 1.54) is 12.0 Å². The van der Waals surface area contributed by atoms with Crippen molar-refractivity contribution in [3.63, 3.8) is 0 Å². The number of methoxy groups -OCH3 is 1. The van der Waals surface area contributed by atoms with Crippen LogP contribution in [0.5, 0.6) is 0 Å². The summed E-state index contributed by atoms with van der Waals surface area (Å²) in [6.45, 7) is 4.97. The number of rotatable bonds is 6. The molecule has 1 saturated heterocycles. The molecule has 2 fully saturated rings. The zero-order valence-electron chi connectivity index (χ0n) is 14.7. The van der Waals surface area contributed by atoms with E-state index in [4.69, 9.17) is 9.47 Å². The summed E-state index contributed by atoms with van der Waals surface area (Å²) in [4.78, 5) is 14.9. The molecule has 1 aliphatic heterocycles. The van der Waals surface area contributed by atoms with Crippen LogP contribution in [0.2, 0.25) is 0 Å². The molecule has 24 heavy (non-hydrogen) atoms. The number of amides is 1. The van der Waals surface area contributed by atoms with Crippen LogP contribution >= 0.6 is 0 Å². The van der Waals surface area contributed by atoms with Gasteiger partial charge < -0.3 is 14.8 Å². The van der Waals surface area contributed by atoms with E-state index in [9.17, 15) is 4.79 Å². The summed E-state index contributed by atoms with van der Waals surface area (Å²) in [5.74, 6) is -0.0245. The lowest BCUT2D eigenvalue weighted by molar-refractivity contribution is -0.145. The molecule has 2 atom stereocenters. The molecule has 5 nitrogen and oxygen atoms in total. The lowest BCUT2D eigenvalue weighted by atomic mass is 9.75. The largest absolute Gasteiger partial charge is 0.376 e.